The molecule has 0 radical (unpaired) electrons. The monoisotopic (exact) mass is 236 g/mol. The molecule has 0 unspecified atom stereocenters. The highest BCUT2D eigenvalue weighted by Crippen LogP contribution is 2.13. The number of hydrogen-bond acceptors (Lipinski definition) is 2. The Balaban J connectivity index is 2.92. The average Bonchev–Trinajstić information content (AvgIpc) is 2.29. The lowest BCUT2D eigenvalue weighted by Crippen LogP contribution is -2.38. The second kappa shape index (κ2) is 5.05. The first-order valence-corrected chi connectivity index (χ1v) is 5.26. The molecule has 1 aromatic rings. The van der Waals surface area contributed by atoms with Gasteiger partial charge in [0.15, 0.2) is 5.84 Å². The zero-order valence-electron chi connectivity index (χ0n) is 10.00. The fraction of sp³-hybridized carbons (Fsp3) is 0.333. The Morgan fingerprint density at radius 3 is 2.35 bits per heavy atom. The second-order valence-electron chi connectivity index (χ2n) is 4.44. The number of nitrogens with zero attached hydrogens (tertiary/aromatic N) is 1. The van der Waals surface area contributed by atoms with Gasteiger partial charge in [-0.3, -0.25) is 5.41 Å². The Hall–Kier alpha value is -1.75. The van der Waals surface area contributed by atoms with Gasteiger partial charge in [-0.15, -0.1) is 0 Å². The summed E-state index contributed by atoms with van der Waals surface area (Å²) in [6, 6.07) is 5.54. The van der Waals surface area contributed by atoms with Crippen LogP contribution in [0.25, 0.3) is 0 Å². The lowest BCUT2D eigenvalue weighted by atomic mass is 9.92. The van der Waals surface area contributed by atoms with E-state index in [0.29, 0.717) is 17.9 Å². The summed E-state index contributed by atoms with van der Waals surface area (Å²) in [5.41, 5.74) is 11.4. The largest absolute Gasteiger partial charge is 0.387 e. The maximum atomic E-state index is 12.7. The quantitative estimate of drug-likeness (QED) is 0.548. The van der Waals surface area contributed by atoms with E-state index >= 15 is 0 Å². The lowest BCUT2D eigenvalue weighted by molar-refractivity contribution is 0.533. The molecule has 0 saturated heterocycles. The molecule has 0 saturated carbocycles. The van der Waals surface area contributed by atoms with Crippen LogP contribution in [-0.4, -0.2) is 18.2 Å². The van der Waals surface area contributed by atoms with Gasteiger partial charge in [0.05, 0.1) is 0 Å². The van der Waals surface area contributed by atoms with E-state index in [1.54, 1.807) is 0 Å². The van der Waals surface area contributed by atoms with Crippen LogP contribution in [0.3, 0.4) is 0 Å². The SMILES string of the molecule is CC(C)(CN)C(N)=NC(=N)c1ccc(F)cc1. The van der Waals surface area contributed by atoms with E-state index in [0.717, 1.165) is 0 Å². The molecule has 92 valence electrons. The molecule has 0 aliphatic carbocycles. The van der Waals surface area contributed by atoms with Crippen LogP contribution in [0.1, 0.15) is 19.4 Å². The van der Waals surface area contributed by atoms with Crippen molar-refractivity contribution < 1.29 is 4.39 Å². The topological polar surface area (TPSA) is 88.2 Å². The molecular formula is C12H17FN4. The number of halogens is 1. The molecule has 5 N–H and O–H groups in total. The molecule has 0 aliphatic heterocycles. The predicted octanol–water partition coefficient (Wildman–Crippen LogP) is 1.49. The van der Waals surface area contributed by atoms with Gasteiger partial charge in [0, 0.05) is 17.5 Å². The molecule has 0 amide bonds. The van der Waals surface area contributed by atoms with Gasteiger partial charge in [-0.1, -0.05) is 13.8 Å². The van der Waals surface area contributed by atoms with Crippen molar-refractivity contribution >= 4 is 11.7 Å². The summed E-state index contributed by atoms with van der Waals surface area (Å²) in [4.78, 5) is 3.99. The van der Waals surface area contributed by atoms with Gasteiger partial charge in [-0.2, -0.15) is 0 Å². The van der Waals surface area contributed by atoms with Crippen molar-refractivity contribution in [3.8, 4) is 0 Å². The molecule has 0 bridgehead atoms. The van der Waals surface area contributed by atoms with Crippen LogP contribution in [0.15, 0.2) is 29.3 Å². The molecule has 17 heavy (non-hydrogen) atoms. The molecule has 0 fully saturated rings. The van der Waals surface area contributed by atoms with Crippen LogP contribution < -0.4 is 11.5 Å². The summed E-state index contributed by atoms with van der Waals surface area (Å²) in [5.74, 6) is -0.0425. The number of rotatable bonds is 3. The van der Waals surface area contributed by atoms with E-state index in [4.69, 9.17) is 16.9 Å². The molecule has 0 spiro atoms. The molecule has 0 aliphatic rings. The number of hydrogen-bond donors (Lipinski definition) is 3. The van der Waals surface area contributed by atoms with Crippen LogP contribution >= 0.6 is 0 Å². The van der Waals surface area contributed by atoms with Crippen LogP contribution in [-0.2, 0) is 0 Å². The highest BCUT2D eigenvalue weighted by molar-refractivity contribution is 6.05. The lowest BCUT2D eigenvalue weighted by Gasteiger charge is -2.21. The van der Waals surface area contributed by atoms with Crippen molar-refractivity contribution in [2.75, 3.05) is 6.54 Å². The molecular weight excluding hydrogens is 219 g/mol. The summed E-state index contributed by atoms with van der Waals surface area (Å²) < 4.78 is 12.7. The summed E-state index contributed by atoms with van der Waals surface area (Å²) in [7, 11) is 0. The average molecular weight is 236 g/mol. The normalized spacial score (nSPS) is 12.6. The summed E-state index contributed by atoms with van der Waals surface area (Å²) in [6.07, 6.45) is 0. The van der Waals surface area contributed by atoms with E-state index in [9.17, 15) is 4.39 Å². The Kier molecular flexibility index (Phi) is 3.96. The number of nitrogens with two attached hydrogens (primary N) is 2. The highest BCUT2D eigenvalue weighted by atomic mass is 19.1. The first-order chi connectivity index (χ1) is 7.86. The van der Waals surface area contributed by atoms with Crippen LogP contribution in [0.4, 0.5) is 4.39 Å². The van der Waals surface area contributed by atoms with Gasteiger partial charge in [-0.25, -0.2) is 9.38 Å². The maximum absolute atomic E-state index is 12.7. The van der Waals surface area contributed by atoms with Crippen molar-refractivity contribution in [3.63, 3.8) is 0 Å². The Bertz CT molecular complexity index is 434. The molecule has 1 rings (SSSR count). The van der Waals surface area contributed by atoms with Gasteiger partial charge in [0.1, 0.15) is 11.7 Å². The predicted molar refractivity (Wildman–Crippen MR) is 67.7 cm³/mol. The molecule has 0 atom stereocenters. The Morgan fingerprint density at radius 1 is 1.35 bits per heavy atom. The molecule has 4 nitrogen and oxygen atoms in total. The van der Waals surface area contributed by atoms with E-state index < -0.39 is 5.41 Å². The van der Waals surface area contributed by atoms with Crippen molar-refractivity contribution in [1.29, 1.82) is 5.41 Å². The smallest absolute Gasteiger partial charge is 0.153 e. The fourth-order valence-electron chi connectivity index (χ4n) is 1.05. The van der Waals surface area contributed by atoms with E-state index in [2.05, 4.69) is 4.99 Å². The van der Waals surface area contributed by atoms with Crippen molar-refractivity contribution in [2.24, 2.45) is 21.9 Å². The van der Waals surface area contributed by atoms with E-state index in [1.165, 1.54) is 24.3 Å². The number of benzene rings is 1. The third-order valence-electron chi connectivity index (χ3n) is 2.55. The van der Waals surface area contributed by atoms with Gasteiger partial charge in [0.2, 0.25) is 0 Å². The second-order valence-corrected chi connectivity index (χ2v) is 4.44. The number of nitrogens with one attached hydrogen (secondary N) is 1. The summed E-state index contributed by atoms with van der Waals surface area (Å²) >= 11 is 0. The molecule has 0 heterocycles. The molecule has 5 heteroatoms. The Morgan fingerprint density at radius 2 is 1.88 bits per heavy atom. The number of amidine groups is 2. The number of aliphatic imine (C=N–C) groups is 1. The van der Waals surface area contributed by atoms with Crippen LogP contribution in [0, 0.1) is 16.6 Å². The van der Waals surface area contributed by atoms with E-state index in [1.807, 2.05) is 13.8 Å². The van der Waals surface area contributed by atoms with Gasteiger partial charge in [-0.05, 0) is 24.3 Å². The minimum Gasteiger partial charge on any atom is -0.387 e. The third kappa shape index (κ3) is 3.35. The fourth-order valence-corrected chi connectivity index (χ4v) is 1.05. The van der Waals surface area contributed by atoms with Crippen molar-refractivity contribution in [3.05, 3.63) is 35.6 Å². The first-order valence-electron chi connectivity index (χ1n) is 5.26. The first kappa shape index (κ1) is 13.3. The summed E-state index contributed by atoms with van der Waals surface area (Å²) in [5, 5.41) is 7.75. The van der Waals surface area contributed by atoms with Crippen LogP contribution in [0.5, 0.6) is 0 Å². The van der Waals surface area contributed by atoms with Crippen molar-refractivity contribution in [1.82, 2.24) is 0 Å². The third-order valence-corrected chi connectivity index (χ3v) is 2.55. The van der Waals surface area contributed by atoms with Gasteiger partial charge in [0.25, 0.3) is 0 Å². The standard InChI is InChI=1S/C12H17FN4/c1-12(2,7-14)11(16)17-10(15)8-3-5-9(13)6-4-8/h3-6H,7,14H2,1-2H3,(H3,15,16,17). The zero-order chi connectivity index (χ0) is 13.1. The van der Waals surface area contributed by atoms with Crippen LogP contribution in [0.2, 0.25) is 0 Å². The summed E-state index contributed by atoms with van der Waals surface area (Å²) in [6.45, 7) is 4.05. The minimum absolute atomic E-state index is 0.00373. The molecule has 0 aromatic heterocycles. The van der Waals surface area contributed by atoms with Gasteiger partial charge >= 0.3 is 0 Å². The Labute approximate surface area is 100 Å². The van der Waals surface area contributed by atoms with Crippen molar-refractivity contribution in [2.45, 2.75) is 13.8 Å². The highest BCUT2D eigenvalue weighted by Gasteiger charge is 2.21. The van der Waals surface area contributed by atoms with Gasteiger partial charge < -0.3 is 11.5 Å². The minimum atomic E-state index is -0.452. The maximum Gasteiger partial charge on any atom is 0.153 e. The zero-order valence-corrected chi connectivity index (χ0v) is 10.00. The molecule has 1 aromatic carbocycles. The van der Waals surface area contributed by atoms with E-state index in [-0.39, 0.29) is 11.7 Å².